The van der Waals surface area contributed by atoms with E-state index in [1.54, 1.807) is 9.80 Å². The lowest BCUT2D eigenvalue weighted by Crippen LogP contribution is -2.57. The van der Waals surface area contributed by atoms with E-state index in [0.29, 0.717) is 25.0 Å². The van der Waals surface area contributed by atoms with E-state index in [1.165, 1.54) is 13.1 Å². The van der Waals surface area contributed by atoms with Crippen LogP contribution in [0.4, 0.5) is 9.59 Å². The van der Waals surface area contributed by atoms with Crippen molar-refractivity contribution in [2.24, 2.45) is 0 Å². The van der Waals surface area contributed by atoms with Crippen molar-refractivity contribution in [1.29, 1.82) is 0 Å². The molecule has 2 N–H and O–H groups in total. The van der Waals surface area contributed by atoms with Crippen LogP contribution in [0.25, 0.3) is 0 Å². The maximum atomic E-state index is 12.0. The van der Waals surface area contributed by atoms with E-state index in [0.717, 1.165) is 128 Å². The van der Waals surface area contributed by atoms with E-state index in [4.69, 9.17) is 18.9 Å². The number of nitrogens with one attached hydrogen (secondary N) is 2. The zero-order chi connectivity index (χ0) is 35.5. The van der Waals surface area contributed by atoms with E-state index in [9.17, 15) is 14.4 Å². The molecule has 5 saturated heterocycles. The van der Waals surface area contributed by atoms with Crippen LogP contribution in [0.3, 0.4) is 0 Å². The fourth-order valence-electron chi connectivity index (χ4n) is 5.97. The number of piperazine rings is 3. The summed E-state index contributed by atoms with van der Waals surface area (Å²) >= 11 is 0. The molecule has 5 heterocycles. The van der Waals surface area contributed by atoms with Crippen molar-refractivity contribution in [1.82, 2.24) is 30.2 Å². The van der Waals surface area contributed by atoms with Gasteiger partial charge in [-0.2, -0.15) is 0 Å². The van der Waals surface area contributed by atoms with E-state index in [1.807, 2.05) is 60.7 Å². The van der Waals surface area contributed by atoms with Crippen LogP contribution >= 0.6 is 0 Å². The van der Waals surface area contributed by atoms with Crippen LogP contribution in [-0.4, -0.2) is 155 Å². The second-order valence-electron chi connectivity index (χ2n) is 13.4. The third-order valence-corrected chi connectivity index (χ3v) is 9.69. The normalized spacial score (nSPS) is 21.1. The molecule has 6 aliphatic rings. The number of hydrogen-bond donors (Lipinski definition) is 2. The first-order valence-corrected chi connectivity index (χ1v) is 18.5. The summed E-state index contributed by atoms with van der Waals surface area (Å²) in [5.74, 6) is 0.435. The summed E-state index contributed by atoms with van der Waals surface area (Å²) in [6, 6.07) is 20.8. The molecule has 0 unspecified atom stereocenters. The monoisotopic (exact) mass is 710 g/mol. The standard InChI is InChI=1S/C15H20N2O3.C12H16N2O2.C7H14N2O.C4H6O.H2/c18-15(20-10-13-4-2-1-3-5-13)17-8-6-16(7-9-17)14-11-19-12-14;15-12(14-8-6-13-7-9-14)16-10-11-4-2-1-3-5-11;1-3-9(4-2-8-1)7-5-10-6-7;5-4-2-1-3-4;/h1-5,14H,6-12H2;1-5,13H,6-10H2;7-8H,1-6H2;1-3H2;1H. The van der Waals surface area contributed by atoms with Gasteiger partial charge < -0.3 is 39.4 Å². The zero-order valence-corrected chi connectivity index (χ0v) is 29.9. The average molecular weight is 711 g/mol. The summed E-state index contributed by atoms with van der Waals surface area (Å²) in [5.41, 5.74) is 2.04. The lowest BCUT2D eigenvalue weighted by atomic mass is 9.99. The predicted octanol–water partition coefficient (Wildman–Crippen LogP) is 2.84. The first-order chi connectivity index (χ1) is 25.0. The van der Waals surface area contributed by atoms with Crippen molar-refractivity contribution in [2.45, 2.75) is 44.6 Å². The molecule has 13 nitrogen and oxygen atoms in total. The molecule has 0 atom stereocenters. The van der Waals surface area contributed by atoms with Gasteiger partial charge in [-0.1, -0.05) is 60.7 Å². The van der Waals surface area contributed by atoms with Gasteiger partial charge in [0.25, 0.3) is 0 Å². The van der Waals surface area contributed by atoms with E-state index in [2.05, 4.69) is 20.4 Å². The fourth-order valence-corrected chi connectivity index (χ4v) is 5.97. The fraction of sp³-hybridized carbons (Fsp3) is 0.605. The highest BCUT2D eigenvalue weighted by molar-refractivity contribution is 5.83. The Morgan fingerprint density at radius 2 is 1.00 bits per heavy atom. The minimum absolute atomic E-state index is 0. The second-order valence-corrected chi connectivity index (χ2v) is 13.4. The maximum absolute atomic E-state index is 12.0. The number of Topliss-reactive ketones (excluding diaryl/α,β-unsaturated/α-hetero) is 1. The molecular weight excluding hydrogens is 652 g/mol. The number of nitrogens with zero attached hydrogens (tertiary/aromatic N) is 4. The molecule has 0 aromatic heterocycles. The summed E-state index contributed by atoms with van der Waals surface area (Å²) in [7, 11) is 0. The van der Waals surface area contributed by atoms with Crippen LogP contribution in [0.1, 0.15) is 31.8 Å². The molecule has 1 saturated carbocycles. The Morgan fingerprint density at radius 3 is 1.37 bits per heavy atom. The van der Waals surface area contributed by atoms with Gasteiger partial charge >= 0.3 is 12.2 Å². The van der Waals surface area contributed by atoms with E-state index < -0.39 is 0 Å². The maximum Gasteiger partial charge on any atom is 0.410 e. The van der Waals surface area contributed by atoms with Gasteiger partial charge in [0.05, 0.1) is 38.5 Å². The highest BCUT2D eigenvalue weighted by atomic mass is 16.6. The largest absolute Gasteiger partial charge is 0.445 e. The summed E-state index contributed by atoms with van der Waals surface area (Å²) in [4.78, 5) is 42.0. The molecule has 1 aliphatic carbocycles. The van der Waals surface area contributed by atoms with Gasteiger partial charge in [0, 0.05) is 92.8 Å². The molecule has 282 valence electrons. The summed E-state index contributed by atoms with van der Waals surface area (Å²) in [6.07, 6.45) is 2.41. The summed E-state index contributed by atoms with van der Waals surface area (Å²) in [6.45, 7) is 15.4. The number of amides is 2. The van der Waals surface area contributed by atoms with Crippen molar-refractivity contribution in [2.75, 3.05) is 105 Å². The van der Waals surface area contributed by atoms with Crippen LogP contribution < -0.4 is 10.6 Å². The van der Waals surface area contributed by atoms with E-state index >= 15 is 0 Å². The van der Waals surface area contributed by atoms with Gasteiger partial charge in [-0.3, -0.25) is 14.6 Å². The molecule has 0 bridgehead atoms. The number of carbonyl (C=O) groups excluding carboxylic acids is 3. The van der Waals surface area contributed by atoms with Gasteiger partial charge in [0.15, 0.2) is 0 Å². The first-order valence-electron chi connectivity index (χ1n) is 18.5. The van der Waals surface area contributed by atoms with Crippen molar-refractivity contribution in [3.05, 3.63) is 71.8 Å². The Hall–Kier alpha value is -3.59. The minimum Gasteiger partial charge on any atom is -0.445 e. The van der Waals surface area contributed by atoms with Crippen molar-refractivity contribution >= 4 is 18.0 Å². The number of ether oxygens (including phenoxy) is 4. The van der Waals surface area contributed by atoms with Crippen molar-refractivity contribution in [3.8, 4) is 0 Å². The number of carbonyl (C=O) groups is 3. The summed E-state index contributed by atoms with van der Waals surface area (Å²) in [5, 5.41) is 6.53. The SMILES string of the molecule is C1CN(C2COC2)CCN1.O=C(OCc1ccccc1)N1CCN(C2COC2)CC1.O=C(OCc1ccccc1)N1CCNCC1.O=C1CCC1.[HH]. The van der Waals surface area contributed by atoms with Gasteiger partial charge in [0.1, 0.15) is 19.0 Å². The molecule has 8 rings (SSSR count). The molecule has 51 heavy (non-hydrogen) atoms. The lowest BCUT2D eigenvalue weighted by molar-refractivity contribution is -0.123. The highest BCUT2D eigenvalue weighted by Crippen LogP contribution is 2.15. The molecule has 2 amide bonds. The Kier molecular flexibility index (Phi) is 16.4. The van der Waals surface area contributed by atoms with Gasteiger partial charge in [-0.05, 0) is 17.5 Å². The third kappa shape index (κ3) is 13.5. The highest BCUT2D eigenvalue weighted by Gasteiger charge is 2.30. The third-order valence-electron chi connectivity index (χ3n) is 9.69. The predicted molar refractivity (Wildman–Crippen MR) is 195 cm³/mol. The molecular formula is C38H58N6O7. The topological polar surface area (TPSA) is 125 Å². The molecule has 6 fully saturated rings. The van der Waals surface area contributed by atoms with Crippen LogP contribution in [-0.2, 0) is 37.0 Å². The average Bonchev–Trinajstić information content (AvgIpc) is 3.13. The van der Waals surface area contributed by atoms with Gasteiger partial charge in [-0.15, -0.1) is 0 Å². The lowest BCUT2D eigenvalue weighted by Gasteiger charge is -2.42. The van der Waals surface area contributed by atoms with E-state index in [-0.39, 0.29) is 13.6 Å². The Morgan fingerprint density at radius 1 is 0.608 bits per heavy atom. The number of ketones is 1. The molecule has 13 heteroatoms. The Labute approximate surface area is 304 Å². The van der Waals surface area contributed by atoms with Crippen molar-refractivity contribution < 1.29 is 34.8 Å². The number of rotatable bonds is 6. The quantitative estimate of drug-likeness (QED) is 0.460. The van der Waals surface area contributed by atoms with Crippen LogP contribution in [0.2, 0.25) is 0 Å². The van der Waals surface area contributed by atoms with Crippen molar-refractivity contribution in [3.63, 3.8) is 0 Å². The second kappa shape index (κ2) is 21.7. The zero-order valence-electron chi connectivity index (χ0n) is 29.9. The molecule has 0 radical (unpaired) electrons. The Bertz CT molecular complexity index is 1300. The molecule has 2 aromatic carbocycles. The van der Waals surface area contributed by atoms with Crippen LogP contribution in [0, 0.1) is 0 Å². The van der Waals surface area contributed by atoms with Gasteiger partial charge in [-0.25, -0.2) is 9.59 Å². The minimum atomic E-state index is -0.217. The Balaban J connectivity index is 0.000000168. The number of hydrogen-bond acceptors (Lipinski definition) is 11. The number of benzene rings is 2. The first kappa shape index (κ1) is 38.6. The van der Waals surface area contributed by atoms with Crippen LogP contribution in [0.5, 0.6) is 0 Å². The molecule has 0 spiro atoms. The summed E-state index contributed by atoms with van der Waals surface area (Å²) < 4.78 is 20.9. The van der Waals surface area contributed by atoms with Gasteiger partial charge in [0.2, 0.25) is 0 Å². The molecule has 2 aromatic rings. The smallest absolute Gasteiger partial charge is 0.410 e. The molecule has 5 aliphatic heterocycles. The van der Waals surface area contributed by atoms with Crippen LogP contribution in [0.15, 0.2) is 60.7 Å².